The quantitative estimate of drug-likeness (QED) is 0.203. The van der Waals surface area contributed by atoms with Gasteiger partial charge in [0.15, 0.2) is 0 Å². The molecule has 0 aliphatic rings. The molecule has 0 saturated heterocycles. The number of aromatic nitrogens is 2. The Balaban J connectivity index is 0.000000226. The summed E-state index contributed by atoms with van der Waals surface area (Å²) in [6.45, 7) is 2.68. The molecule has 0 radical (unpaired) electrons. The topological polar surface area (TPSA) is 86.4 Å². The molecule has 0 aliphatic carbocycles. The molecule has 0 bridgehead atoms. The average molecular weight is 565 g/mol. The minimum absolute atomic E-state index is 0.136. The van der Waals surface area contributed by atoms with Gasteiger partial charge < -0.3 is 19.0 Å². The summed E-state index contributed by atoms with van der Waals surface area (Å²) in [5.74, 6) is -0.950. The van der Waals surface area contributed by atoms with E-state index in [-0.39, 0.29) is 12.4 Å². The normalized spacial score (nSPS) is 11.6. The molecule has 4 rings (SSSR count). The number of carboxylic acids is 1. The number of ether oxygens (including phenoxy) is 1. The van der Waals surface area contributed by atoms with Crippen molar-refractivity contribution in [2.24, 2.45) is 0 Å². The number of aryl methyl sites for hydroxylation is 2. The lowest BCUT2D eigenvalue weighted by molar-refractivity contribution is -0.141. The summed E-state index contributed by atoms with van der Waals surface area (Å²) in [6.07, 6.45) is 0.519. The lowest BCUT2D eigenvalue weighted by atomic mass is 10.2. The highest BCUT2D eigenvalue weighted by Crippen LogP contribution is 2.23. The van der Waals surface area contributed by atoms with E-state index in [2.05, 4.69) is 49.5 Å². The van der Waals surface area contributed by atoms with Crippen LogP contribution in [0.5, 0.6) is 0 Å². The Hall–Kier alpha value is -3.70. The zero-order valence-corrected chi connectivity index (χ0v) is 25.4. The lowest BCUT2D eigenvalue weighted by Gasteiger charge is -2.24. The van der Waals surface area contributed by atoms with Gasteiger partial charge in [0.1, 0.15) is 0 Å². The first kappa shape index (κ1) is 31.8. The molecule has 0 amide bonds. The average Bonchev–Trinajstić information content (AvgIpc) is 3.47. The van der Waals surface area contributed by atoms with Gasteiger partial charge in [-0.25, -0.2) is 20.0 Å². The fraction of sp³-hybridized carbons (Fsp3) is 0.419. The first-order valence-corrected chi connectivity index (χ1v) is 13.7. The van der Waals surface area contributed by atoms with Gasteiger partial charge in [0.05, 0.1) is 33.0 Å². The summed E-state index contributed by atoms with van der Waals surface area (Å²) in [5.41, 5.74) is 4.57. The zero-order chi connectivity index (χ0) is 30.1. The van der Waals surface area contributed by atoms with E-state index in [1.165, 1.54) is 18.2 Å². The van der Waals surface area contributed by atoms with Crippen LogP contribution in [0.2, 0.25) is 0 Å². The van der Waals surface area contributed by atoms with Crippen LogP contribution in [0.25, 0.3) is 21.8 Å². The summed E-state index contributed by atoms with van der Waals surface area (Å²) >= 11 is 0. The van der Waals surface area contributed by atoms with Crippen molar-refractivity contribution in [2.45, 2.75) is 39.0 Å². The van der Waals surface area contributed by atoms with Crippen molar-refractivity contribution in [3.8, 4) is 0 Å². The Labute approximate surface area is 242 Å². The van der Waals surface area contributed by atoms with Gasteiger partial charge in [-0.1, -0.05) is 36.4 Å². The van der Waals surface area contributed by atoms with Gasteiger partial charge in [-0.3, -0.25) is 9.59 Å². The predicted molar refractivity (Wildman–Crippen MR) is 163 cm³/mol. The van der Waals surface area contributed by atoms with Crippen LogP contribution in [0.4, 0.5) is 0 Å². The number of methoxy groups -OCH3 is 1. The van der Waals surface area contributed by atoms with Crippen molar-refractivity contribution in [3.05, 3.63) is 72.1 Å². The van der Waals surface area contributed by atoms with Gasteiger partial charge in [-0.2, -0.15) is 0 Å². The SMILES string of the molecule is CN(C)N(C)Cc1cc2ccccc2n1CCC(=O)O.COC(=O)CCn1c(CN(C)N(C)C)cc2ccccc21. The molecule has 0 unspecified atom stereocenters. The zero-order valence-electron chi connectivity index (χ0n) is 25.4. The highest BCUT2D eigenvalue weighted by molar-refractivity contribution is 5.82. The Kier molecular flexibility index (Phi) is 11.5. The van der Waals surface area contributed by atoms with Crippen LogP contribution in [0.15, 0.2) is 60.7 Å². The van der Waals surface area contributed by atoms with Gasteiger partial charge in [0.2, 0.25) is 0 Å². The third kappa shape index (κ3) is 8.64. The van der Waals surface area contributed by atoms with Crippen LogP contribution in [0.1, 0.15) is 24.2 Å². The van der Waals surface area contributed by atoms with Gasteiger partial charge in [-0.05, 0) is 35.0 Å². The number of carbonyl (C=O) groups excluding carboxylic acids is 1. The van der Waals surface area contributed by atoms with Crippen molar-refractivity contribution in [2.75, 3.05) is 49.4 Å². The van der Waals surface area contributed by atoms with Gasteiger partial charge >= 0.3 is 11.9 Å². The number of hydrogen-bond donors (Lipinski definition) is 1. The Morgan fingerprint density at radius 2 is 1.12 bits per heavy atom. The molecule has 2 heterocycles. The van der Waals surface area contributed by atoms with E-state index in [1.807, 2.05) is 82.6 Å². The van der Waals surface area contributed by atoms with Crippen molar-refractivity contribution in [1.29, 1.82) is 0 Å². The second-order valence-corrected chi connectivity index (χ2v) is 10.5. The smallest absolute Gasteiger partial charge is 0.307 e. The van der Waals surface area contributed by atoms with E-state index in [0.717, 1.165) is 35.2 Å². The van der Waals surface area contributed by atoms with Crippen molar-refractivity contribution in [1.82, 2.24) is 29.2 Å². The van der Waals surface area contributed by atoms with Crippen molar-refractivity contribution in [3.63, 3.8) is 0 Å². The Morgan fingerprint density at radius 1 is 0.707 bits per heavy atom. The summed E-state index contributed by atoms with van der Waals surface area (Å²) in [7, 11) is 13.5. The molecule has 1 N–H and O–H groups in total. The van der Waals surface area contributed by atoms with Gasteiger partial charge in [0.25, 0.3) is 0 Å². The van der Waals surface area contributed by atoms with E-state index in [1.54, 1.807) is 0 Å². The fourth-order valence-corrected chi connectivity index (χ4v) is 4.59. The number of carboxylic acid groups (broad SMARTS) is 1. The molecule has 0 saturated carbocycles. The second-order valence-electron chi connectivity index (χ2n) is 10.5. The molecular formula is C31H44N6O4. The molecule has 0 aliphatic heterocycles. The number of esters is 1. The maximum atomic E-state index is 11.4. The number of rotatable bonds is 12. The molecule has 10 nitrogen and oxygen atoms in total. The molecule has 10 heteroatoms. The van der Waals surface area contributed by atoms with E-state index in [9.17, 15) is 9.59 Å². The summed E-state index contributed by atoms with van der Waals surface area (Å²) < 4.78 is 9.05. The van der Waals surface area contributed by atoms with Crippen LogP contribution >= 0.6 is 0 Å². The Bertz CT molecular complexity index is 1440. The van der Waals surface area contributed by atoms with E-state index in [0.29, 0.717) is 19.5 Å². The number of hydrazine groups is 2. The molecule has 0 atom stereocenters. The highest BCUT2D eigenvalue weighted by atomic mass is 16.5. The van der Waals surface area contributed by atoms with E-state index < -0.39 is 5.97 Å². The summed E-state index contributed by atoms with van der Waals surface area (Å²) in [4.78, 5) is 22.3. The maximum absolute atomic E-state index is 11.4. The van der Waals surface area contributed by atoms with Crippen LogP contribution in [0.3, 0.4) is 0 Å². The Morgan fingerprint density at radius 3 is 1.51 bits per heavy atom. The highest BCUT2D eigenvalue weighted by Gasteiger charge is 2.14. The first-order valence-electron chi connectivity index (χ1n) is 13.7. The molecule has 222 valence electrons. The lowest BCUT2D eigenvalue weighted by Crippen LogP contribution is -2.33. The van der Waals surface area contributed by atoms with Crippen LogP contribution < -0.4 is 0 Å². The van der Waals surface area contributed by atoms with Gasteiger partial charge in [0, 0.05) is 77.8 Å². The van der Waals surface area contributed by atoms with Crippen molar-refractivity contribution < 1.29 is 19.4 Å². The van der Waals surface area contributed by atoms with Crippen molar-refractivity contribution >= 4 is 33.7 Å². The summed E-state index contributed by atoms with van der Waals surface area (Å²) in [6, 6.07) is 20.7. The minimum Gasteiger partial charge on any atom is -0.481 e. The first-order chi connectivity index (χ1) is 19.5. The molecule has 2 aromatic heterocycles. The number of para-hydroxylation sites is 2. The van der Waals surface area contributed by atoms with Crippen LogP contribution in [-0.4, -0.2) is 95.6 Å². The summed E-state index contributed by atoms with van der Waals surface area (Å²) in [5, 5.41) is 19.5. The van der Waals surface area contributed by atoms with Gasteiger partial charge in [-0.15, -0.1) is 0 Å². The fourth-order valence-electron chi connectivity index (χ4n) is 4.59. The monoisotopic (exact) mass is 564 g/mol. The number of fused-ring (bicyclic) bond motifs is 2. The number of hydrogen-bond acceptors (Lipinski definition) is 7. The molecule has 0 spiro atoms. The van der Waals surface area contributed by atoms with Crippen LogP contribution in [0, 0.1) is 0 Å². The predicted octanol–water partition coefficient (Wildman–Crippen LogP) is 4.14. The van der Waals surface area contributed by atoms with Crippen LogP contribution in [-0.2, 0) is 40.5 Å². The third-order valence-corrected chi connectivity index (χ3v) is 7.26. The minimum atomic E-state index is -0.769. The van der Waals surface area contributed by atoms with E-state index >= 15 is 0 Å². The second kappa shape index (κ2) is 14.8. The third-order valence-electron chi connectivity index (χ3n) is 7.26. The molecular weight excluding hydrogens is 520 g/mol. The molecule has 4 aromatic rings. The number of benzene rings is 2. The largest absolute Gasteiger partial charge is 0.481 e. The molecule has 0 fully saturated rings. The molecule has 41 heavy (non-hydrogen) atoms. The number of carbonyl (C=O) groups is 2. The van der Waals surface area contributed by atoms with E-state index in [4.69, 9.17) is 9.84 Å². The molecule has 2 aromatic carbocycles. The standard InChI is InChI=1S/C16H23N3O2.C15H21N3O2/c1-17(2)18(3)12-14-11-13-7-5-6-8-15(13)19(14)10-9-16(20)21-4;1-16(2)17(3)11-13-10-12-6-4-5-7-14(12)18(13)9-8-15(19)20/h5-8,11H,9-10,12H2,1-4H3;4-7,10H,8-9,11H2,1-3H3,(H,19,20). The maximum Gasteiger partial charge on any atom is 0.307 e. The number of aliphatic carboxylic acids is 1. The number of nitrogens with zero attached hydrogens (tertiary/aromatic N) is 6.